The lowest BCUT2D eigenvalue weighted by Gasteiger charge is -2.50. The van der Waals surface area contributed by atoms with Crippen LogP contribution in [0, 0.1) is 17.0 Å². The van der Waals surface area contributed by atoms with Gasteiger partial charge >= 0.3 is 6.09 Å². The number of fused-ring (bicyclic) bond motifs is 5. The fourth-order valence-corrected chi connectivity index (χ4v) is 6.65. The number of rotatable bonds is 2. The predicted molar refractivity (Wildman–Crippen MR) is 124 cm³/mol. The minimum absolute atomic E-state index is 0.151. The van der Waals surface area contributed by atoms with Crippen LogP contribution in [0.5, 0.6) is 0 Å². The molecule has 1 aromatic heterocycles. The van der Waals surface area contributed by atoms with Crippen molar-refractivity contribution in [3.63, 3.8) is 0 Å². The van der Waals surface area contributed by atoms with E-state index in [-0.39, 0.29) is 34.7 Å². The summed E-state index contributed by atoms with van der Waals surface area (Å²) in [5, 5.41) is 12.4. The molecule has 1 N–H and O–H groups in total. The van der Waals surface area contributed by atoms with E-state index in [0.29, 0.717) is 19.6 Å². The predicted octanol–water partition coefficient (Wildman–Crippen LogP) is 4.79. The van der Waals surface area contributed by atoms with Gasteiger partial charge in [0.15, 0.2) is 0 Å². The average Bonchev–Trinajstić information content (AvgIpc) is 3.13. The van der Waals surface area contributed by atoms with Gasteiger partial charge in [-0.2, -0.15) is 10.2 Å². The zero-order valence-corrected chi connectivity index (χ0v) is 20.4. The van der Waals surface area contributed by atoms with Crippen LogP contribution in [0.15, 0.2) is 24.3 Å². The van der Waals surface area contributed by atoms with E-state index in [2.05, 4.69) is 29.4 Å². The van der Waals surface area contributed by atoms with Gasteiger partial charge in [-0.3, -0.25) is 0 Å². The zero-order chi connectivity index (χ0) is 24.5. The van der Waals surface area contributed by atoms with Crippen molar-refractivity contribution in [1.29, 1.82) is 0 Å². The number of nitrogens with zero attached hydrogens (tertiary/aromatic N) is 3. The van der Waals surface area contributed by atoms with Gasteiger partial charge < -0.3 is 15.0 Å². The number of amides is 1. The fourth-order valence-electron chi connectivity index (χ4n) is 6.65. The van der Waals surface area contributed by atoms with Crippen molar-refractivity contribution in [3.05, 3.63) is 47.2 Å². The monoisotopic (exact) mass is 470 g/mol. The molecule has 182 valence electrons. The first kappa shape index (κ1) is 23.1. The number of nitrogens with one attached hydrogen (secondary N) is 1. The largest absolute Gasteiger partial charge is 0.444 e. The number of halogens is 2. The molecule has 8 heteroatoms. The van der Waals surface area contributed by atoms with Gasteiger partial charge in [-0.25, -0.2) is 13.6 Å². The van der Waals surface area contributed by atoms with Gasteiger partial charge in [0.2, 0.25) is 0 Å². The van der Waals surface area contributed by atoms with E-state index >= 15 is 0 Å². The van der Waals surface area contributed by atoms with E-state index < -0.39 is 22.7 Å². The molecule has 3 aliphatic rings. The van der Waals surface area contributed by atoms with Gasteiger partial charge in [0.05, 0.1) is 23.0 Å². The molecule has 34 heavy (non-hydrogen) atoms. The van der Waals surface area contributed by atoms with E-state index in [1.165, 1.54) is 18.2 Å². The van der Waals surface area contributed by atoms with Gasteiger partial charge in [-0.1, -0.05) is 19.9 Å². The molecule has 2 aliphatic carbocycles. The Morgan fingerprint density at radius 1 is 1.21 bits per heavy atom. The summed E-state index contributed by atoms with van der Waals surface area (Å²) in [6.07, 6.45) is 1.47. The van der Waals surface area contributed by atoms with E-state index in [9.17, 15) is 13.6 Å². The molecule has 1 aromatic carbocycles. The van der Waals surface area contributed by atoms with Crippen molar-refractivity contribution in [3.8, 4) is 11.3 Å². The highest BCUT2D eigenvalue weighted by Gasteiger charge is 2.68. The van der Waals surface area contributed by atoms with Crippen LogP contribution < -0.4 is 5.32 Å². The number of carbonyl (C=O) groups excluding carboxylic acids is 1. The number of carbonyl (C=O) groups is 1. The topological polar surface area (TPSA) is 67.3 Å². The zero-order valence-electron chi connectivity index (χ0n) is 20.4. The van der Waals surface area contributed by atoms with Gasteiger partial charge in [-0.05, 0) is 68.7 Å². The normalized spacial score (nSPS) is 27.6. The fraction of sp³-hybridized carbons (Fsp3) is 0.577. The van der Waals surface area contributed by atoms with Crippen LogP contribution >= 0.6 is 0 Å². The summed E-state index contributed by atoms with van der Waals surface area (Å²) in [6, 6.07) is 5.46. The lowest BCUT2D eigenvalue weighted by molar-refractivity contribution is -0.0121. The summed E-state index contributed by atoms with van der Waals surface area (Å²) in [4.78, 5) is 15.1. The summed E-state index contributed by atoms with van der Waals surface area (Å²) in [6.45, 7) is 11.9. The Bertz CT molecular complexity index is 1130. The summed E-state index contributed by atoms with van der Waals surface area (Å²) >= 11 is 0. The minimum Gasteiger partial charge on any atom is -0.444 e. The number of hydrogen-bond donors (Lipinski definition) is 1. The van der Waals surface area contributed by atoms with Crippen molar-refractivity contribution >= 4 is 6.09 Å². The number of ether oxygens (including phenoxy) is 1. The third-order valence-electron chi connectivity index (χ3n) is 8.13. The van der Waals surface area contributed by atoms with Crippen LogP contribution in [0.1, 0.15) is 64.6 Å². The SMILES string of the molecule is CC(C)(C)OC(=O)N1CCNC[C@H]1C12CC[C@@H](c3cc(-c4c(F)cccc4F)nnc31)C2(C)C. The molecule has 1 saturated heterocycles. The molecule has 3 atom stereocenters. The molecule has 1 amide bonds. The van der Waals surface area contributed by atoms with Gasteiger partial charge in [0.25, 0.3) is 0 Å². The molecule has 2 bridgehead atoms. The first-order chi connectivity index (χ1) is 16.0. The van der Waals surface area contributed by atoms with Crippen LogP contribution in [0.4, 0.5) is 13.6 Å². The summed E-state index contributed by atoms with van der Waals surface area (Å²) in [5.74, 6) is -1.15. The molecule has 6 nitrogen and oxygen atoms in total. The lowest BCUT2D eigenvalue weighted by atomic mass is 9.63. The highest BCUT2D eigenvalue weighted by Crippen LogP contribution is 2.69. The third-order valence-corrected chi connectivity index (χ3v) is 8.13. The smallest absolute Gasteiger partial charge is 0.410 e. The van der Waals surface area contributed by atoms with Crippen molar-refractivity contribution in [2.24, 2.45) is 5.41 Å². The highest BCUT2D eigenvalue weighted by molar-refractivity contribution is 5.70. The standard InChI is InChI=1S/C26H32F2N4O2/c1-24(2,3)34-23(33)32-12-11-29-14-20(32)26-10-9-16(25(26,4)5)15-13-19(30-31-22(15)26)21-17(27)7-6-8-18(21)28/h6-8,13,16,20,29H,9-12,14H2,1-5H3/t16-,20-,26?/m0/s1. The number of piperazine rings is 1. The number of hydrogen-bond acceptors (Lipinski definition) is 5. The molecule has 2 heterocycles. The van der Waals surface area contributed by atoms with Crippen molar-refractivity contribution < 1.29 is 18.3 Å². The van der Waals surface area contributed by atoms with E-state index in [4.69, 9.17) is 4.74 Å². The highest BCUT2D eigenvalue weighted by atomic mass is 19.1. The van der Waals surface area contributed by atoms with Crippen LogP contribution in [0.2, 0.25) is 0 Å². The van der Waals surface area contributed by atoms with E-state index in [0.717, 1.165) is 24.1 Å². The maximum Gasteiger partial charge on any atom is 0.410 e. The van der Waals surface area contributed by atoms with E-state index in [1.807, 2.05) is 31.7 Å². The summed E-state index contributed by atoms with van der Waals surface area (Å²) in [7, 11) is 0. The molecular formula is C26H32F2N4O2. The van der Waals surface area contributed by atoms with Gasteiger partial charge in [0.1, 0.15) is 17.2 Å². The lowest BCUT2D eigenvalue weighted by Crippen LogP contribution is -2.64. The molecule has 0 spiro atoms. The Balaban J connectivity index is 1.61. The second-order valence-electron chi connectivity index (χ2n) is 11.3. The Morgan fingerprint density at radius 2 is 1.91 bits per heavy atom. The molecule has 5 rings (SSSR count). The molecule has 1 aliphatic heterocycles. The summed E-state index contributed by atoms with van der Waals surface area (Å²) < 4.78 is 34.8. The Hall–Kier alpha value is -2.61. The molecule has 0 radical (unpaired) electrons. The Morgan fingerprint density at radius 3 is 2.59 bits per heavy atom. The first-order valence-electron chi connectivity index (χ1n) is 12.0. The number of aromatic nitrogens is 2. The van der Waals surface area contributed by atoms with Crippen LogP contribution in [-0.2, 0) is 10.2 Å². The molecule has 2 aromatic rings. The maximum atomic E-state index is 14.5. The quantitative estimate of drug-likeness (QED) is 0.684. The third kappa shape index (κ3) is 3.25. The van der Waals surface area contributed by atoms with Crippen LogP contribution in [0.3, 0.4) is 0 Å². The van der Waals surface area contributed by atoms with Crippen LogP contribution in [0.25, 0.3) is 11.3 Å². The molecule has 1 saturated carbocycles. The second kappa shape index (κ2) is 7.70. The van der Waals surface area contributed by atoms with Crippen molar-refractivity contribution in [2.75, 3.05) is 19.6 Å². The van der Waals surface area contributed by atoms with Gasteiger partial charge in [-0.15, -0.1) is 0 Å². The molecular weight excluding hydrogens is 438 g/mol. The summed E-state index contributed by atoms with van der Waals surface area (Å²) in [5.41, 5.74) is 0.636. The number of benzene rings is 1. The Labute approximate surface area is 199 Å². The Kier molecular flexibility index (Phi) is 5.24. The molecule has 2 fully saturated rings. The van der Waals surface area contributed by atoms with Gasteiger partial charge in [0, 0.05) is 25.0 Å². The minimum atomic E-state index is -0.654. The van der Waals surface area contributed by atoms with E-state index in [1.54, 1.807) is 0 Å². The van der Waals surface area contributed by atoms with Crippen molar-refractivity contribution in [2.45, 2.75) is 70.4 Å². The maximum absolute atomic E-state index is 14.5. The molecule has 1 unspecified atom stereocenters. The van der Waals surface area contributed by atoms with Crippen LogP contribution in [-0.4, -0.2) is 52.5 Å². The van der Waals surface area contributed by atoms with Crippen molar-refractivity contribution in [1.82, 2.24) is 20.4 Å². The first-order valence-corrected chi connectivity index (χ1v) is 12.0. The second-order valence-corrected chi connectivity index (χ2v) is 11.3. The average molecular weight is 471 g/mol.